The number of carbonyl (C=O) groups is 2. The van der Waals surface area contributed by atoms with Crippen molar-refractivity contribution < 1.29 is 14.3 Å². The van der Waals surface area contributed by atoms with E-state index >= 15 is 0 Å². The first-order valence-electron chi connectivity index (χ1n) is 9.99. The highest BCUT2D eigenvalue weighted by Crippen LogP contribution is 2.31. The maximum Gasteiger partial charge on any atom is 0.254 e. The minimum Gasteiger partial charge on any atom is -0.377 e. The topological polar surface area (TPSA) is 53.1 Å². The van der Waals surface area contributed by atoms with Gasteiger partial charge < -0.3 is 19.4 Å². The number of anilines is 1. The lowest BCUT2D eigenvalue weighted by atomic mass is 10.0. The second-order valence-electron chi connectivity index (χ2n) is 8.46. The molecule has 4 rings (SSSR count). The summed E-state index contributed by atoms with van der Waals surface area (Å²) in [6.45, 7) is 9.16. The second kappa shape index (κ2) is 7.15. The van der Waals surface area contributed by atoms with Crippen molar-refractivity contribution in [3.05, 3.63) is 29.8 Å². The molecule has 6 nitrogen and oxygen atoms in total. The summed E-state index contributed by atoms with van der Waals surface area (Å²) >= 11 is 0. The molecule has 1 aromatic carbocycles. The summed E-state index contributed by atoms with van der Waals surface area (Å²) in [5.74, 6) is 0.699. The normalized spacial score (nSPS) is 22.7. The molecular weight excluding hydrogens is 342 g/mol. The molecule has 6 heteroatoms. The number of ether oxygens (including phenoxy) is 1. The summed E-state index contributed by atoms with van der Waals surface area (Å²) < 4.78 is 5.52. The van der Waals surface area contributed by atoms with E-state index < -0.39 is 0 Å². The van der Waals surface area contributed by atoms with Gasteiger partial charge in [0, 0.05) is 49.9 Å². The predicted octanol–water partition coefficient (Wildman–Crippen LogP) is 2.00. The molecule has 0 unspecified atom stereocenters. The van der Waals surface area contributed by atoms with Crippen LogP contribution in [0, 0.1) is 5.92 Å². The predicted molar refractivity (Wildman–Crippen MR) is 104 cm³/mol. The number of morpholine rings is 1. The van der Waals surface area contributed by atoms with E-state index in [1.807, 2.05) is 47.9 Å². The summed E-state index contributed by atoms with van der Waals surface area (Å²) in [6, 6.07) is 7.90. The lowest BCUT2D eigenvalue weighted by molar-refractivity contribution is -0.132. The highest BCUT2D eigenvalue weighted by molar-refractivity contribution is 5.95. The van der Waals surface area contributed by atoms with Crippen LogP contribution in [0.1, 0.15) is 37.0 Å². The first-order valence-corrected chi connectivity index (χ1v) is 9.99. The van der Waals surface area contributed by atoms with Gasteiger partial charge in [-0.05, 0) is 51.0 Å². The number of rotatable bonds is 3. The van der Waals surface area contributed by atoms with Gasteiger partial charge in [-0.1, -0.05) is 0 Å². The van der Waals surface area contributed by atoms with Gasteiger partial charge >= 0.3 is 0 Å². The number of amides is 2. The Balaban J connectivity index is 1.37. The van der Waals surface area contributed by atoms with Crippen LogP contribution in [-0.2, 0) is 9.53 Å². The second-order valence-corrected chi connectivity index (χ2v) is 8.46. The Kier molecular flexibility index (Phi) is 4.84. The first-order chi connectivity index (χ1) is 13.0. The quantitative estimate of drug-likeness (QED) is 0.816. The van der Waals surface area contributed by atoms with Crippen LogP contribution in [0.2, 0.25) is 0 Å². The van der Waals surface area contributed by atoms with Crippen molar-refractivity contribution in [2.75, 3.05) is 50.8 Å². The maximum absolute atomic E-state index is 12.9. The van der Waals surface area contributed by atoms with Crippen LogP contribution in [0.25, 0.3) is 0 Å². The van der Waals surface area contributed by atoms with Crippen LogP contribution in [0.15, 0.2) is 24.3 Å². The van der Waals surface area contributed by atoms with Crippen LogP contribution in [0.5, 0.6) is 0 Å². The highest BCUT2D eigenvalue weighted by Gasteiger charge is 2.35. The molecule has 0 bridgehead atoms. The summed E-state index contributed by atoms with van der Waals surface area (Å²) in [5.41, 5.74) is 1.56. The zero-order chi connectivity index (χ0) is 19.0. The molecule has 2 aliphatic heterocycles. The molecule has 0 spiro atoms. The Morgan fingerprint density at radius 3 is 2.26 bits per heavy atom. The first kappa shape index (κ1) is 18.3. The van der Waals surface area contributed by atoms with Crippen molar-refractivity contribution in [2.24, 2.45) is 5.92 Å². The number of piperazine rings is 1. The molecule has 1 aromatic rings. The van der Waals surface area contributed by atoms with Crippen molar-refractivity contribution in [1.82, 2.24) is 9.80 Å². The third-order valence-electron chi connectivity index (χ3n) is 5.89. The third kappa shape index (κ3) is 3.81. The van der Waals surface area contributed by atoms with Gasteiger partial charge in [0.2, 0.25) is 5.91 Å². The molecule has 2 heterocycles. The van der Waals surface area contributed by atoms with E-state index in [4.69, 9.17) is 4.74 Å². The van der Waals surface area contributed by atoms with Crippen molar-refractivity contribution in [2.45, 2.75) is 32.2 Å². The molecule has 0 N–H and O–H groups in total. The van der Waals surface area contributed by atoms with Crippen molar-refractivity contribution >= 4 is 17.5 Å². The standard InChI is InChI=1S/C21H29N3O3/c1-21(2)15-27-14-13-24(21)20(26)17-5-7-18(8-6-17)22-9-11-23(12-10-22)19(25)16-3-4-16/h5-8,16H,3-4,9-15H2,1-2H3. The molecule has 1 aliphatic carbocycles. The Bertz CT molecular complexity index is 704. The summed E-state index contributed by atoms with van der Waals surface area (Å²) in [6.07, 6.45) is 2.13. The van der Waals surface area contributed by atoms with Gasteiger partial charge in [-0.25, -0.2) is 0 Å². The van der Waals surface area contributed by atoms with Crippen LogP contribution in [-0.4, -0.2) is 73.1 Å². The molecule has 0 radical (unpaired) electrons. The minimum absolute atomic E-state index is 0.0645. The van der Waals surface area contributed by atoms with E-state index in [0.29, 0.717) is 31.6 Å². The fourth-order valence-corrected chi connectivity index (χ4v) is 3.98. The number of nitrogens with zero attached hydrogens (tertiary/aromatic N) is 3. The lowest BCUT2D eigenvalue weighted by Gasteiger charge is -2.42. The van der Waals surface area contributed by atoms with Crippen molar-refractivity contribution in [3.63, 3.8) is 0 Å². The molecule has 0 atom stereocenters. The van der Waals surface area contributed by atoms with Gasteiger partial charge in [0.15, 0.2) is 0 Å². The molecule has 0 aromatic heterocycles. The number of hydrogen-bond acceptors (Lipinski definition) is 4. The lowest BCUT2D eigenvalue weighted by Crippen LogP contribution is -2.55. The third-order valence-corrected chi connectivity index (χ3v) is 5.89. The molecule has 2 saturated heterocycles. The fourth-order valence-electron chi connectivity index (χ4n) is 3.98. The Hall–Kier alpha value is -2.08. The van der Waals surface area contributed by atoms with Crippen LogP contribution in [0.4, 0.5) is 5.69 Å². The monoisotopic (exact) mass is 371 g/mol. The number of carbonyl (C=O) groups excluding carboxylic acids is 2. The van der Waals surface area contributed by atoms with Crippen LogP contribution < -0.4 is 4.90 Å². The molecular formula is C21H29N3O3. The molecule has 146 valence electrons. The van der Waals surface area contributed by atoms with E-state index in [9.17, 15) is 9.59 Å². The van der Waals surface area contributed by atoms with Gasteiger partial charge in [-0.2, -0.15) is 0 Å². The van der Waals surface area contributed by atoms with Gasteiger partial charge in [-0.15, -0.1) is 0 Å². The van der Waals surface area contributed by atoms with Crippen LogP contribution in [0.3, 0.4) is 0 Å². The van der Waals surface area contributed by atoms with Gasteiger partial charge in [0.05, 0.1) is 18.8 Å². The zero-order valence-electron chi connectivity index (χ0n) is 16.3. The number of benzene rings is 1. The highest BCUT2D eigenvalue weighted by atomic mass is 16.5. The van der Waals surface area contributed by atoms with Gasteiger partial charge in [0.1, 0.15) is 0 Å². The Morgan fingerprint density at radius 2 is 1.67 bits per heavy atom. The molecule has 2 amide bonds. The fraction of sp³-hybridized carbons (Fsp3) is 0.619. The zero-order valence-corrected chi connectivity index (χ0v) is 16.3. The smallest absolute Gasteiger partial charge is 0.254 e. The molecule has 3 aliphatic rings. The van der Waals surface area contributed by atoms with Gasteiger partial charge in [-0.3, -0.25) is 9.59 Å². The summed E-state index contributed by atoms with van der Waals surface area (Å²) in [4.78, 5) is 31.3. The van der Waals surface area contributed by atoms with Crippen LogP contribution >= 0.6 is 0 Å². The minimum atomic E-state index is -0.279. The maximum atomic E-state index is 12.9. The van der Waals surface area contributed by atoms with E-state index in [2.05, 4.69) is 4.90 Å². The number of hydrogen-bond donors (Lipinski definition) is 0. The summed E-state index contributed by atoms with van der Waals surface area (Å²) in [5, 5.41) is 0. The SMILES string of the molecule is CC1(C)COCCN1C(=O)c1ccc(N2CCN(C(=O)C3CC3)CC2)cc1. The Labute approximate surface area is 161 Å². The average molecular weight is 371 g/mol. The van der Waals surface area contributed by atoms with Crippen molar-refractivity contribution in [3.8, 4) is 0 Å². The molecule has 27 heavy (non-hydrogen) atoms. The average Bonchev–Trinajstić information content (AvgIpc) is 3.52. The van der Waals surface area contributed by atoms with E-state index in [1.54, 1.807) is 0 Å². The largest absolute Gasteiger partial charge is 0.377 e. The molecule has 3 fully saturated rings. The summed E-state index contributed by atoms with van der Waals surface area (Å²) in [7, 11) is 0. The van der Waals surface area contributed by atoms with Gasteiger partial charge in [0.25, 0.3) is 5.91 Å². The van der Waals surface area contributed by atoms with E-state index in [-0.39, 0.29) is 11.4 Å². The Morgan fingerprint density at radius 1 is 1.00 bits per heavy atom. The van der Waals surface area contributed by atoms with E-state index in [1.165, 1.54) is 0 Å². The molecule has 1 saturated carbocycles. The van der Waals surface area contributed by atoms with E-state index in [0.717, 1.165) is 50.3 Å². The van der Waals surface area contributed by atoms with Crippen molar-refractivity contribution in [1.29, 1.82) is 0 Å².